The normalized spacial score (nSPS) is 15.7. The predicted octanol–water partition coefficient (Wildman–Crippen LogP) is 1.51. The highest BCUT2D eigenvalue weighted by Gasteiger charge is 2.19. The van der Waals surface area contributed by atoms with E-state index in [1.54, 1.807) is 31.2 Å². The molecule has 0 saturated carbocycles. The Hall–Kier alpha value is -0.570. The topological polar surface area (TPSA) is 46.2 Å². The van der Waals surface area contributed by atoms with Gasteiger partial charge in [-0.3, -0.25) is 0 Å². The van der Waals surface area contributed by atoms with E-state index in [-0.39, 0.29) is 6.54 Å². The van der Waals surface area contributed by atoms with Gasteiger partial charge in [-0.25, -0.2) is 0 Å². The molecule has 0 spiro atoms. The number of aliphatic hydroxyl groups is 1. The monoisotopic (exact) mass is 185 g/mol. The highest BCUT2D eigenvalue weighted by Crippen LogP contribution is 2.20. The molecule has 2 nitrogen and oxygen atoms in total. The minimum absolute atomic E-state index is 0.203. The molecule has 0 amide bonds. The number of rotatable bonds is 2. The number of benzene rings is 1. The second kappa shape index (κ2) is 3.44. The molecule has 1 aromatic carbocycles. The Morgan fingerprint density at radius 2 is 1.92 bits per heavy atom. The lowest BCUT2D eigenvalue weighted by molar-refractivity contribution is 0.0668. The van der Waals surface area contributed by atoms with E-state index in [4.69, 9.17) is 17.3 Å². The van der Waals surface area contributed by atoms with Crippen molar-refractivity contribution < 1.29 is 5.11 Å². The van der Waals surface area contributed by atoms with Crippen LogP contribution in [0.4, 0.5) is 0 Å². The Bertz CT molecular complexity index is 256. The van der Waals surface area contributed by atoms with Gasteiger partial charge in [0.25, 0.3) is 0 Å². The second-order valence-electron chi connectivity index (χ2n) is 2.98. The van der Waals surface area contributed by atoms with Crippen LogP contribution in [0.15, 0.2) is 24.3 Å². The van der Waals surface area contributed by atoms with Crippen molar-refractivity contribution >= 4 is 11.6 Å². The fraction of sp³-hybridized carbons (Fsp3) is 0.333. The Morgan fingerprint density at radius 1 is 1.42 bits per heavy atom. The smallest absolute Gasteiger partial charge is 0.0990 e. The molecule has 0 aliphatic carbocycles. The first-order chi connectivity index (χ1) is 5.56. The summed E-state index contributed by atoms with van der Waals surface area (Å²) in [6, 6.07) is 7.02. The van der Waals surface area contributed by atoms with E-state index in [1.165, 1.54) is 0 Å². The summed E-state index contributed by atoms with van der Waals surface area (Å²) in [5.74, 6) is 0. The van der Waals surface area contributed by atoms with Gasteiger partial charge in [0.05, 0.1) is 5.60 Å². The van der Waals surface area contributed by atoms with Crippen molar-refractivity contribution in [1.82, 2.24) is 0 Å². The molecule has 3 N–H and O–H groups in total. The highest BCUT2D eigenvalue weighted by molar-refractivity contribution is 6.30. The molecule has 1 rings (SSSR count). The number of hydrogen-bond acceptors (Lipinski definition) is 2. The van der Waals surface area contributed by atoms with Crippen LogP contribution in [-0.4, -0.2) is 11.7 Å². The third-order valence-corrected chi connectivity index (χ3v) is 2.12. The molecule has 0 radical (unpaired) electrons. The molecule has 0 aliphatic rings. The van der Waals surface area contributed by atoms with Crippen LogP contribution >= 0.6 is 11.6 Å². The standard InChI is InChI=1S/C9H12ClNO/c1-9(12,6-11)7-2-4-8(10)5-3-7/h2-5,12H,6,11H2,1H3/t9-/m0/s1. The van der Waals surface area contributed by atoms with Gasteiger partial charge in [0, 0.05) is 11.6 Å². The molecule has 1 aromatic rings. The van der Waals surface area contributed by atoms with E-state index >= 15 is 0 Å². The van der Waals surface area contributed by atoms with Crippen molar-refractivity contribution in [3.8, 4) is 0 Å². The van der Waals surface area contributed by atoms with E-state index in [2.05, 4.69) is 0 Å². The van der Waals surface area contributed by atoms with E-state index in [0.29, 0.717) is 5.02 Å². The fourth-order valence-corrected chi connectivity index (χ4v) is 1.05. The van der Waals surface area contributed by atoms with Crippen LogP contribution in [0.3, 0.4) is 0 Å². The summed E-state index contributed by atoms with van der Waals surface area (Å²) in [5.41, 5.74) is 5.23. The third-order valence-electron chi connectivity index (χ3n) is 1.86. The van der Waals surface area contributed by atoms with Crippen molar-refractivity contribution in [3.63, 3.8) is 0 Å². The first-order valence-electron chi connectivity index (χ1n) is 3.75. The summed E-state index contributed by atoms with van der Waals surface area (Å²) < 4.78 is 0. The summed E-state index contributed by atoms with van der Waals surface area (Å²) in [4.78, 5) is 0. The third kappa shape index (κ3) is 1.97. The molecule has 0 aliphatic heterocycles. The van der Waals surface area contributed by atoms with Gasteiger partial charge in [-0.15, -0.1) is 0 Å². The molecule has 3 heteroatoms. The molecule has 0 unspecified atom stereocenters. The summed E-state index contributed by atoms with van der Waals surface area (Å²) in [5, 5.41) is 10.4. The minimum Gasteiger partial charge on any atom is -0.384 e. The second-order valence-corrected chi connectivity index (χ2v) is 3.42. The number of nitrogens with two attached hydrogens (primary N) is 1. The van der Waals surface area contributed by atoms with Crippen molar-refractivity contribution in [1.29, 1.82) is 0 Å². The van der Waals surface area contributed by atoms with Gasteiger partial charge in [0.15, 0.2) is 0 Å². The van der Waals surface area contributed by atoms with Crippen LogP contribution in [0.5, 0.6) is 0 Å². The molecular weight excluding hydrogens is 174 g/mol. The molecule has 0 heterocycles. The molecule has 12 heavy (non-hydrogen) atoms. The maximum atomic E-state index is 9.72. The Labute approximate surface area is 77.0 Å². The van der Waals surface area contributed by atoms with E-state index in [0.717, 1.165) is 5.56 Å². The van der Waals surface area contributed by atoms with Crippen LogP contribution in [0.2, 0.25) is 5.02 Å². The van der Waals surface area contributed by atoms with Gasteiger partial charge in [-0.1, -0.05) is 23.7 Å². The molecule has 66 valence electrons. The molecule has 0 aromatic heterocycles. The molecular formula is C9H12ClNO. The summed E-state index contributed by atoms with van der Waals surface area (Å²) in [7, 11) is 0. The Kier molecular flexibility index (Phi) is 2.73. The van der Waals surface area contributed by atoms with Crippen LogP contribution in [0.1, 0.15) is 12.5 Å². The van der Waals surface area contributed by atoms with Crippen molar-refractivity contribution in [2.45, 2.75) is 12.5 Å². The van der Waals surface area contributed by atoms with Gasteiger partial charge in [-0.05, 0) is 24.6 Å². The largest absolute Gasteiger partial charge is 0.384 e. The highest BCUT2D eigenvalue weighted by atomic mass is 35.5. The molecule has 0 fully saturated rings. The van der Waals surface area contributed by atoms with E-state index < -0.39 is 5.60 Å². The fourth-order valence-electron chi connectivity index (χ4n) is 0.927. The van der Waals surface area contributed by atoms with Crippen LogP contribution < -0.4 is 5.73 Å². The minimum atomic E-state index is -0.954. The van der Waals surface area contributed by atoms with Gasteiger partial charge in [-0.2, -0.15) is 0 Å². The average Bonchev–Trinajstić information content (AvgIpc) is 2.05. The van der Waals surface area contributed by atoms with Crippen LogP contribution in [-0.2, 0) is 5.60 Å². The first-order valence-corrected chi connectivity index (χ1v) is 4.12. The lowest BCUT2D eigenvalue weighted by Crippen LogP contribution is -2.31. The van der Waals surface area contributed by atoms with Gasteiger partial charge < -0.3 is 10.8 Å². The zero-order chi connectivity index (χ0) is 9.19. The van der Waals surface area contributed by atoms with Crippen LogP contribution in [0.25, 0.3) is 0 Å². The zero-order valence-electron chi connectivity index (χ0n) is 6.92. The molecule has 0 saturated heterocycles. The zero-order valence-corrected chi connectivity index (χ0v) is 7.67. The van der Waals surface area contributed by atoms with Crippen molar-refractivity contribution in [2.24, 2.45) is 5.73 Å². The van der Waals surface area contributed by atoms with Gasteiger partial charge in [0.2, 0.25) is 0 Å². The first kappa shape index (κ1) is 9.52. The number of hydrogen-bond donors (Lipinski definition) is 2. The SMILES string of the molecule is C[C@](O)(CN)c1ccc(Cl)cc1. The van der Waals surface area contributed by atoms with E-state index in [1.807, 2.05) is 0 Å². The van der Waals surface area contributed by atoms with Gasteiger partial charge in [0.1, 0.15) is 0 Å². The molecule has 0 bridgehead atoms. The maximum absolute atomic E-state index is 9.72. The average molecular weight is 186 g/mol. The lowest BCUT2D eigenvalue weighted by atomic mass is 9.97. The van der Waals surface area contributed by atoms with Crippen LogP contribution in [0, 0.1) is 0 Å². The lowest BCUT2D eigenvalue weighted by Gasteiger charge is -2.21. The summed E-state index contributed by atoms with van der Waals surface area (Å²) in [6.07, 6.45) is 0. The molecule has 1 atom stereocenters. The summed E-state index contributed by atoms with van der Waals surface area (Å²) >= 11 is 5.69. The quantitative estimate of drug-likeness (QED) is 0.734. The van der Waals surface area contributed by atoms with Crippen molar-refractivity contribution in [3.05, 3.63) is 34.9 Å². The predicted molar refractivity (Wildman–Crippen MR) is 50.1 cm³/mol. The Balaban J connectivity index is 2.96. The van der Waals surface area contributed by atoms with E-state index in [9.17, 15) is 5.11 Å². The van der Waals surface area contributed by atoms with Crippen molar-refractivity contribution in [2.75, 3.05) is 6.54 Å². The number of halogens is 1. The summed E-state index contributed by atoms with van der Waals surface area (Å²) in [6.45, 7) is 1.88. The maximum Gasteiger partial charge on any atom is 0.0990 e. The van der Waals surface area contributed by atoms with Gasteiger partial charge >= 0.3 is 0 Å². The Morgan fingerprint density at radius 3 is 2.33 bits per heavy atom.